The summed E-state index contributed by atoms with van der Waals surface area (Å²) in [6.07, 6.45) is 2.05. The van der Waals surface area contributed by atoms with Crippen molar-refractivity contribution in [1.29, 1.82) is 0 Å². The number of hydrazine groups is 1. The molecule has 7 heteroatoms. The molecule has 2 amide bonds. The Hall–Kier alpha value is -1.44. The molecular weight excluding hydrogens is 336 g/mol. The Morgan fingerprint density at radius 1 is 1.38 bits per heavy atom. The summed E-state index contributed by atoms with van der Waals surface area (Å²) >= 11 is 3.44. The summed E-state index contributed by atoms with van der Waals surface area (Å²) in [7, 11) is 0. The van der Waals surface area contributed by atoms with Crippen LogP contribution in [0.4, 0.5) is 0 Å². The number of hydrogen-bond acceptors (Lipinski definition) is 4. The second kappa shape index (κ2) is 8.76. The first-order valence-electron chi connectivity index (χ1n) is 6.78. The first kappa shape index (κ1) is 17.6. The number of carbonyl (C=O) groups is 2. The van der Waals surface area contributed by atoms with Crippen molar-refractivity contribution >= 4 is 27.7 Å². The molecule has 5 N–H and O–H groups in total. The van der Waals surface area contributed by atoms with Gasteiger partial charge in [-0.2, -0.15) is 0 Å². The lowest BCUT2D eigenvalue weighted by Crippen LogP contribution is -2.34. The molecule has 0 heterocycles. The molecule has 0 aliphatic carbocycles. The molecule has 1 rings (SSSR count). The Balaban J connectivity index is 2.82. The molecule has 0 saturated heterocycles. The second-order valence-electron chi connectivity index (χ2n) is 4.81. The fourth-order valence-corrected chi connectivity index (χ4v) is 2.46. The van der Waals surface area contributed by atoms with E-state index in [1.54, 1.807) is 12.1 Å². The van der Waals surface area contributed by atoms with Gasteiger partial charge in [-0.1, -0.05) is 35.3 Å². The zero-order valence-electron chi connectivity index (χ0n) is 12.1. The van der Waals surface area contributed by atoms with Crippen molar-refractivity contribution in [3.63, 3.8) is 0 Å². The average Bonchev–Trinajstić information content (AvgIpc) is 2.45. The number of halogens is 1. The molecule has 116 valence electrons. The summed E-state index contributed by atoms with van der Waals surface area (Å²) in [4.78, 5) is 24.6. The number of primary amides is 1. The first-order chi connectivity index (χ1) is 9.97. The molecular formula is C14H21BrN4O2. The molecule has 0 atom stereocenters. The number of carbonyl (C=O) groups excluding carboxylic acids is 2. The standard InChI is InChI=1S/C14H21BrN4O2/c1-2-3-6-19(9-13(16)20)8-11-5-4-10(7-12(11)15)14(21)18-17/h4-5,7H,2-3,6,8-9,17H2,1H3,(H2,16,20)(H,18,21). The van der Waals surface area contributed by atoms with Crippen molar-refractivity contribution in [2.75, 3.05) is 13.1 Å². The predicted octanol–water partition coefficient (Wildman–Crippen LogP) is 1.14. The number of nitrogens with one attached hydrogen (secondary N) is 1. The van der Waals surface area contributed by atoms with Gasteiger partial charge in [0.2, 0.25) is 5.91 Å². The molecule has 0 radical (unpaired) electrons. The van der Waals surface area contributed by atoms with Gasteiger partial charge in [-0.15, -0.1) is 0 Å². The molecule has 0 aliphatic rings. The summed E-state index contributed by atoms with van der Waals surface area (Å²) in [5.74, 6) is 4.42. The summed E-state index contributed by atoms with van der Waals surface area (Å²) in [5.41, 5.74) is 8.83. The molecule has 1 aromatic rings. The topological polar surface area (TPSA) is 101 Å². The molecule has 0 unspecified atom stereocenters. The molecule has 0 saturated carbocycles. The van der Waals surface area contributed by atoms with E-state index in [2.05, 4.69) is 28.3 Å². The molecule has 21 heavy (non-hydrogen) atoms. The van der Waals surface area contributed by atoms with Gasteiger partial charge in [-0.3, -0.25) is 19.9 Å². The third-order valence-corrected chi connectivity index (χ3v) is 3.79. The van der Waals surface area contributed by atoms with E-state index in [0.29, 0.717) is 12.1 Å². The van der Waals surface area contributed by atoms with Crippen LogP contribution in [0.25, 0.3) is 0 Å². The number of nitrogens with zero attached hydrogens (tertiary/aromatic N) is 1. The van der Waals surface area contributed by atoms with Gasteiger partial charge in [0.05, 0.1) is 6.54 Å². The number of unbranched alkanes of at least 4 members (excludes halogenated alkanes) is 1. The molecule has 0 aliphatic heterocycles. The van der Waals surface area contributed by atoms with Crippen molar-refractivity contribution in [3.05, 3.63) is 33.8 Å². The van der Waals surface area contributed by atoms with Crippen molar-refractivity contribution in [2.45, 2.75) is 26.3 Å². The Morgan fingerprint density at radius 2 is 2.10 bits per heavy atom. The Labute approximate surface area is 133 Å². The van der Waals surface area contributed by atoms with Crippen LogP contribution in [0.2, 0.25) is 0 Å². The van der Waals surface area contributed by atoms with Crippen LogP contribution in [0.5, 0.6) is 0 Å². The van der Waals surface area contributed by atoms with E-state index in [0.717, 1.165) is 29.4 Å². The van der Waals surface area contributed by atoms with Crippen molar-refractivity contribution in [3.8, 4) is 0 Å². The highest BCUT2D eigenvalue weighted by molar-refractivity contribution is 9.10. The zero-order chi connectivity index (χ0) is 15.8. The van der Waals surface area contributed by atoms with Gasteiger partial charge in [0.1, 0.15) is 0 Å². The fraction of sp³-hybridized carbons (Fsp3) is 0.429. The van der Waals surface area contributed by atoms with Crippen LogP contribution in [0.3, 0.4) is 0 Å². The van der Waals surface area contributed by atoms with Crippen LogP contribution >= 0.6 is 15.9 Å². The number of rotatable bonds is 8. The Morgan fingerprint density at radius 3 is 2.62 bits per heavy atom. The van der Waals surface area contributed by atoms with Crippen LogP contribution in [-0.2, 0) is 11.3 Å². The van der Waals surface area contributed by atoms with E-state index in [9.17, 15) is 9.59 Å². The fourth-order valence-electron chi connectivity index (χ4n) is 1.96. The maximum atomic E-state index is 11.5. The monoisotopic (exact) mass is 356 g/mol. The zero-order valence-corrected chi connectivity index (χ0v) is 13.6. The van der Waals surface area contributed by atoms with Crippen LogP contribution in [0.1, 0.15) is 35.7 Å². The number of hydrogen-bond donors (Lipinski definition) is 3. The van der Waals surface area contributed by atoms with E-state index < -0.39 is 0 Å². The van der Waals surface area contributed by atoms with Crippen LogP contribution in [0, 0.1) is 0 Å². The first-order valence-corrected chi connectivity index (χ1v) is 7.57. The smallest absolute Gasteiger partial charge is 0.265 e. The molecule has 0 fully saturated rings. The Bertz CT molecular complexity index is 508. The Kier molecular flexibility index (Phi) is 7.35. The number of nitrogens with two attached hydrogens (primary N) is 2. The van der Waals surface area contributed by atoms with Crippen LogP contribution in [0.15, 0.2) is 22.7 Å². The van der Waals surface area contributed by atoms with E-state index in [1.165, 1.54) is 0 Å². The van der Waals surface area contributed by atoms with Crippen LogP contribution in [-0.4, -0.2) is 29.8 Å². The van der Waals surface area contributed by atoms with E-state index in [1.807, 2.05) is 11.0 Å². The predicted molar refractivity (Wildman–Crippen MR) is 85.2 cm³/mol. The minimum absolute atomic E-state index is 0.220. The minimum atomic E-state index is -0.346. The van der Waals surface area contributed by atoms with Gasteiger partial charge in [0, 0.05) is 16.6 Å². The highest BCUT2D eigenvalue weighted by Crippen LogP contribution is 2.20. The highest BCUT2D eigenvalue weighted by atomic mass is 79.9. The summed E-state index contributed by atoms with van der Waals surface area (Å²) in [5, 5.41) is 0. The lowest BCUT2D eigenvalue weighted by molar-refractivity contribution is -0.119. The molecule has 0 aromatic heterocycles. The molecule has 0 spiro atoms. The lowest BCUT2D eigenvalue weighted by Gasteiger charge is -2.21. The number of nitrogen functional groups attached to an aromatic ring is 1. The van der Waals surface area contributed by atoms with Crippen molar-refractivity contribution in [2.24, 2.45) is 11.6 Å². The van der Waals surface area contributed by atoms with Gasteiger partial charge in [-0.05, 0) is 30.7 Å². The van der Waals surface area contributed by atoms with E-state index in [-0.39, 0.29) is 18.4 Å². The number of benzene rings is 1. The van der Waals surface area contributed by atoms with E-state index >= 15 is 0 Å². The number of amides is 2. The lowest BCUT2D eigenvalue weighted by atomic mass is 10.1. The van der Waals surface area contributed by atoms with Crippen LogP contribution < -0.4 is 17.0 Å². The normalized spacial score (nSPS) is 10.7. The van der Waals surface area contributed by atoms with Gasteiger partial charge in [-0.25, -0.2) is 5.84 Å². The molecule has 6 nitrogen and oxygen atoms in total. The third-order valence-electron chi connectivity index (χ3n) is 3.05. The van der Waals surface area contributed by atoms with E-state index in [4.69, 9.17) is 11.6 Å². The van der Waals surface area contributed by atoms with Crippen molar-refractivity contribution < 1.29 is 9.59 Å². The summed E-state index contributed by atoms with van der Waals surface area (Å²) < 4.78 is 0.801. The largest absolute Gasteiger partial charge is 0.369 e. The molecule has 1 aromatic carbocycles. The third kappa shape index (κ3) is 5.82. The summed E-state index contributed by atoms with van der Waals surface area (Å²) in [6, 6.07) is 5.25. The average molecular weight is 357 g/mol. The van der Waals surface area contributed by atoms with Gasteiger partial charge < -0.3 is 5.73 Å². The second-order valence-corrected chi connectivity index (χ2v) is 5.66. The van der Waals surface area contributed by atoms with Gasteiger partial charge in [0.25, 0.3) is 5.91 Å². The summed E-state index contributed by atoms with van der Waals surface area (Å²) in [6.45, 7) is 3.71. The highest BCUT2D eigenvalue weighted by Gasteiger charge is 2.12. The van der Waals surface area contributed by atoms with Gasteiger partial charge in [0.15, 0.2) is 0 Å². The maximum Gasteiger partial charge on any atom is 0.265 e. The maximum absolute atomic E-state index is 11.5. The quantitative estimate of drug-likeness (QED) is 0.369. The van der Waals surface area contributed by atoms with Gasteiger partial charge >= 0.3 is 0 Å². The molecule has 0 bridgehead atoms. The SMILES string of the molecule is CCCCN(CC(N)=O)Cc1ccc(C(=O)NN)cc1Br. The minimum Gasteiger partial charge on any atom is -0.369 e. The van der Waals surface area contributed by atoms with Crippen molar-refractivity contribution in [1.82, 2.24) is 10.3 Å².